The Balaban J connectivity index is 0.00000136. The molecular formula is C24H31Cl2N3O2. The second kappa shape index (κ2) is 10.7. The summed E-state index contributed by atoms with van der Waals surface area (Å²) in [5.74, 6) is 2.76. The van der Waals surface area contributed by atoms with E-state index >= 15 is 0 Å². The molecule has 4 atom stereocenters. The lowest BCUT2D eigenvalue weighted by Gasteiger charge is -2.39. The lowest BCUT2D eigenvalue weighted by Crippen LogP contribution is -2.51. The van der Waals surface area contributed by atoms with Crippen LogP contribution in [0, 0.1) is 17.8 Å². The first kappa shape index (κ1) is 23.9. The molecule has 2 saturated heterocycles. The Hall–Kier alpha value is -1.79. The topological polar surface area (TPSA) is 44.8 Å². The van der Waals surface area contributed by atoms with E-state index < -0.39 is 0 Å². The molecule has 5 nitrogen and oxygen atoms in total. The average Bonchev–Trinajstić information content (AvgIpc) is 3.26. The smallest absolute Gasteiger partial charge is 0.226 e. The quantitative estimate of drug-likeness (QED) is 0.713. The zero-order valence-corrected chi connectivity index (χ0v) is 19.2. The third-order valence-corrected chi connectivity index (χ3v) is 6.78. The summed E-state index contributed by atoms with van der Waals surface area (Å²) in [7, 11) is 0. The monoisotopic (exact) mass is 463 g/mol. The number of hydrogen-bond donors (Lipinski definition) is 1. The van der Waals surface area contributed by atoms with Crippen molar-refractivity contribution in [3.05, 3.63) is 66.2 Å². The molecule has 7 heteroatoms. The number of nitrogens with zero attached hydrogens (tertiary/aromatic N) is 2. The SMILES string of the molecule is Cl.Cl.O=C(C1[C@H]2CNC[C@@H]12)N1CCN(C(COc2ccccc2)c2ccccc2)CC1. The van der Waals surface area contributed by atoms with Crippen LogP contribution < -0.4 is 10.1 Å². The van der Waals surface area contributed by atoms with Gasteiger partial charge in [-0.15, -0.1) is 24.8 Å². The molecule has 2 aromatic carbocycles. The van der Waals surface area contributed by atoms with Gasteiger partial charge >= 0.3 is 0 Å². The Morgan fingerprint density at radius 1 is 0.903 bits per heavy atom. The van der Waals surface area contributed by atoms with Crippen molar-refractivity contribution >= 4 is 30.7 Å². The van der Waals surface area contributed by atoms with Gasteiger partial charge in [-0.1, -0.05) is 48.5 Å². The molecule has 0 spiro atoms. The van der Waals surface area contributed by atoms with Crippen LogP contribution in [0.1, 0.15) is 11.6 Å². The summed E-state index contributed by atoms with van der Waals surface area (Å²) >= 11 is 0. The zero-order chi connectivity index (χ0) is 19.6. The van der Waals surface area contributed by atoms with Crippen molar-refractivity contribution in [1.82, 2.24) is 15.1 Å². The Bertz CT molecular complexity index is 821. The second-order valence-corrected chi connectivity index (χ2v) is 8.42. The van der Waals surface area contributed by atoms with E-state index in [0.29, 0.717) is 24.3 Å². The normalized spacial score (nSPS) is 25.5. The van der Waals surface area contributed by atoms with Gasteiger partial charge in [-0.3, -0.25) is 9.69 Å². The summed E-state index contributed by atoms with van der Waals surface area (Å²) in [5, 5.41) is 3.38. The number of benzene rings is 2. The van der Waals surface area contributed by atoms with Gasteiger partial charge in [0.1, 0.15) is 12.4 Å². The maximum atomic E-state index is 12.9. The van der Waals surface area contributed by atoms with Crippen molar-refractivity contribution in [3.8, 4) is 5.75 Å². The first-order valence-corrected chi connectivity index (χ1v) is 10.8. The number of rotatable bonds is 6. The van der Waals surface area contributed by atoms with Crippen LogP contribution in [-0.4, -0.2) is 61.6 Å². The van der Waals surface area contributed by atoms with Gasteiger partial charge in [0, 0.05) is 32.1 Å². The van der Waals surface area contributed by atoms with E-state index in [0.717, 1.165) is 45.0 Å². The molecule has 3 fully saturated rings. The minimum Gasteiger partial charge on any atom is -0.492 e. The molecule has 2 heterocycles. The minimum absolute atomic E-state index is 0. The summed E-state index contributed by atoms with van der Waals surface area (Å²) < 4.78 is 6.12. The predicted octanol–water partition coefficient (Wildman–Crippen LogP) is 3.26. The van der Waals surface area contributed by atoms with Crippen molar-refractivity contribution in [2.75, 3.05) is 45.9 Å². The number of piperazine rings is 1. The number of piperidine rings is 1. The zero-order valence-electron chi connectivity index (χ0n) is 17.6. The van der Waals surface area contributed by atoms with Crippen molar-refractivity contribution in [3.63, 3.8) is 0 Å². The number of fused-ring (bicyclic) bond motifs is 1. The molecule has 1 saturated carbocycles. The van der Waals surface area contributed by atoms with Gasteiger partial charge in [0.25, 0.3) is 0 Å². The Labute approximate surface area is 197 Å². The van der Waals surface area contributed by atoms with E-state index in [1.54, 1.807) is 0 Å². The predicted molar refractivity (Wildman–Crippen MR) is 127 cm³/mol. The highest BCUT2D eigenvalue weighted by atomic mass is 35.5. The highest BCUT2D eigenvalue weighted by molar-refractivity contribution is 5.85. The molecule has 2 aliphatic heterocycles. The van der Waals surface area contributed by atoms with Crippen molar-refractivity contribution in [1.29, 1.82) is 0 Å². The number of hydrogen-bond acceptors (Lipinski definition) is 4. The summed E-state index contributed by atoms with van der Waals surface area (Å²) in [4.78, 5) is 17.5. The van der Waals surface area contributed by atoms with E-state index in [1.165, 1.54) is 5.56 Å². The summed E-state index contributed by atoms with van der Waals surface area (Å²) in [6.45, 7) is 6.07. The molecule has 0 aromatic heterocycles. The van der Waals surface area contributed by atoms with E-state index in [9.17, 15) is 4.79 Å². The number of nitrogens with one attached hydrogen (secondary N) is 1. The fraction of sp³-hybridized carbons (Fsp3) is 0.458. The summed E-state index contributed by atoms with van der Waals surface area (Å²) in [6, 6.07) is 20.8. The molecule has 1 N–H and O–H groups in total. The Kier molecular flexibility index (Phi) is 8.23. The standard InChI is InChI=1S/C24H29N3O2.2ClH/c28-24(23-20-15-25-16-21(20)23)27-13-11-26(12-14-27)22(18-7-3-1-4-8-18)17-29-19-9-5-2-6-10-19;;/h1-10,20-23,25H,11-17H2;2*1H/t20-,21+,22?,23?;;. The van der Waals surface area contributed by atoms with E-state index in [2.05, 4.69) is 45.4 Å². The number of carbonyl (C=O) groups is 1. The Morgan fingerprint density at radius 3 is 2.10 bits per heavy atom. The van der Waals surface area contributed by atoms with Gasteiger partial charge in [0.2, 0.25) is 5.91 Å². The fourth-order valence-electron chi connectivity index (χ4n) is 5.03. The Morgan fingerprint density at radius 2 is 1.48 bits per heavy atom. The van der Waals surface area contributed by atoms with Crippen LogP contribution in [0.4, 0.5) is 0 Å². The van der Waals surface area contributed by atoms with Crippen LogP contribution in [0.3, 0.4) is 0 Å². The fourth-order valence-corrected chi connectivity index (χ4v) is 5.03. The molecule has 5 rings (SSSR count). The molecule has 1 amide bonds. The molecule has 168 valence electrons. The summed E-state index contributed by atoms with van der Waals surface area (Å²) in [5.41, 5.74) is 1.27. The number of halogens is 2. The first-order valence-electron chi connectivity index (χ1n) is 10.8. The molecule has 2 aromatic rings. The van der Waals surface area contributed by atoms with Crippen molar-refractivity contribution in [2.24, 2.45) is 17.8 Å². The number of amides is 1. The number of para-hydroxylation sites is 1. The van der Waals surface area contributed by atoms with Gasteiger partial charge in [0.15, 0.2) is 0 Å². The van der Waals surface area contributed by atoms with Crippen LogP contribution in [-0.2, 0) is 4.79 Å². The highest BCUT2D eigenvalue weighted by Crippen LogP contribution is 2.49. The second-order valence-electron chi connectivity index (χ2n) is 8.42. The minimum atomic E-state index is 0. The molecule has 2 unspecified atom stereocenters. The molecule has 1 aliphatic carbocycles. The third-order valence-electron chi connectivity index (χ3n) is 6.78. The maximum absolute atomic E-state index is 12.9. The number of carbonyl (C=O) groups excluding carboxylic acids is 1. The molecule has 31 heavy (non-hydrogen) atoms. The molecule has 0 radical (unpaired) electrons. The van der Waals surface area contributed by atoms with Crippen molar-refractivity contribution < 1.29 is 9.53 Å². The third kappa shape index (κ3) is 5.17. The lowest BCUT2D eigenvalue weighted by molar-refractivity contribution is -0.135. The molecule has 3 aliphatic rings. The molecule has 0 bridgehead atoms. The molecular weight excluding hydrogens is 433 g/mol. The maximum Gasteiger partial charge on any atom is 0.226 e. The highest BCUT2D eigenvalue weighted by Gasteiger charge is 2.57. The largest absolute Gasteiger partial charge is 0.492 e. The van der Waals surface area contributed by atoms with E-state index in [1.807, 2.05) is 30.3 Å². The van der Waals surface area contributed by atoms with Crippen LogP contribution in [0.25, 0.3) is 0 Å². The van der Waals surface area contributed by atoms with E-state index in [-0.39, 0.29) is 36.8 Å². The van der Waals surface area contributed by atoms with Gasteiger partial charge < -0.3 is 15.0 Å². The van der Waals surface area contributed by atoms with Gasteiger partial charge in [-0.2, -0.15) is 0 Å². The van der Waals surface area contributed by atoms with Crippen LogP contribution >= 0.6 is 24.8 Å². The van der Waals surface area contributed by atoms with E-state index in [4.69, 9.17) is 4.74 Å². The van der Waals surface area contributed by atoms with Gasteiger partial charge in [-0.25, -0.2) is 0 Å². The first-order chi connectivity index (χ1) is 14.3. The van der Waals surface area contributed by atoms with Crippen molar-refractivity contribution in [2.45, 2.75) is 6.04 Å². The van der Waals surface area contributed by atoms with Crippen LogP contribution in [0.2, 0.25) is 0 Å². The summed E-state index contributed by atoms with van der Waals surface area (Å²) in [6.07, 6.45) is 0. The van der Waals surface area contributed by atoms with Crippen LogP contribution in [0.15, 0.2) is 60.7 Å². The number of ether oxygens (including phenoxy) is 1. The van der Waals surface area contributed by atoms with Gasteiger partial charge in [0.05, 0.1) is 6.04 Å². The lowest BCUT2D eigenvalue weighted by atomic mass is 10.0. The van der Waals surface area contributed by atoms with Gasteiger partial charge in [-0.05, 0) is 42.6 Å². The van der Waals surface area contributed by atoms with Crippen LogP contribution in [0.5, 0.6) is 5.75 Å². The average molecular weight is 464 g/mol.